The second kappa shape index (κ2) is 16.2. The van der Waals surface area contributed by atoms with Crippen molar-refractivity contribution < 1.29 is 48.0 Å². The van der Waals surface area contributed by atoms with Crippen LogP contribution in [0.1, 0.15) is 53.4 Å². The lowest BCUT2D eigenvalue weighted by atomic mass is 9.83. The van der Waals surface area contributed by atoms with E-state index < -0.39 is 77.2 Å². The zero-order valence-electron chi connectivity index (χ0n) is 29.9. The number of halogens is 1. The van der Waals surface area contributed by atoms with Crippen LogP contribution >= 0.6 is 24.2 Å². The summed E-state index contributed by atoms with van der Waals surface area (Å²) in [4.78, 5) is 55.7. The summed E-state index contributed by atoms with van der Waals surface area (Å²) in [5.74, 6) is -1.61. The fourth-order valence-electron chi connectivity index (χ4n) is 6.73. The molecule has 2 saturated heterocycles. The summed E-state index contributed by atoms with van der Waals surface area (Å²) < 4.78 is 29.2. The van der Waals surface area contributed by atoms with Crippen molar-refractivity contribution in [1.82, 2.24) is 15.1 Å². The monoisotopic (exact) mass is 739 g/mol. The van der Waals surface area contributed by atoms with Crippen LogP contribution in [0.4, 0.5) is 4.79 Å². The van der Waals surface area contributed by atoms with Crippen molar-refractivity contribution in [2.45, 2.75) is 107 Å². The molecule has 0 spiro atoms. The normalized spacial score (nSPS) is 37.1. The lowest BCUT2D eigenvalue weighted by Crippen LogP contribution is -2.63. The number of nitrogens with one attached hydrogen (secondary N) is 1. The smallest absolute Gasteiger partial charge is 0.409 e. The number of fused-ring (bicyclic) bond motifs is 4. The summed E-state index contributed by atoms with van der Waals surface area (Å²) in [6.07, 6.45) is 4.46. The Kier molecular flexibility index (Phi) is 12.9. The van der Waals surface area contributed by atoms with Crippen molar-refractivity contribution in [3.8, 4) is 0 Å². The number of epoxide rings is 1. The zero-order chi connectivity index (χ0) is 37.1. The van der Waals surface area contributed by atoms with Gasteiger partial charge in [-0.25, -0.2) is 9.59 Å². The van der Waals surface area contributed by atoms with Crippen LogP contribution in [0.5, 0.6) is 0 Å². The number of ether oxygens (including phenoxy) is 5. The molecule has 4 aliphatic rings. The van der Waals surface area contributed by atoms with Crippen LogP contribution in [-0.2, 0) is 38.1 Å². The van der Waals surface area contributed by atoms with Crippen molar-refractivity contribution in [1.29, 1.82) is 0 Å². The molecule has 10 atom stereocenters. The van der Waals surface area contributed by atoms with Gasteiger partial charge in [-0.15, -0.1) is 11.6 Å². The van der Waals surface area contributed by atoms with E-state index in [9.17, 15) is 24.3 Å². The predicted octanol–water partition coefficient (Wildman–Crippen LogP) is 3.26. The minimum absolute atomic E-state index is 0.0434. The van der Waals surface area contributed by atoms with Gasteiger partial charge in [0, 0.05) is 52.8 Å². The number of hydrogen-bond acceptors (Lipinski definition) is 11. The largest absolute Gasteiger partial charge is 0.457 e. The van der Waals surface area contributed by atoms with Gasteiger partial charge in [-0.3, -0.25) is 14.9 Å². The van der Waals surface area contributed by atoms with Crippen LogP contribution < -0.4 is 5.32 Å². The number of methoxy groups -OCH3 is 2. The maximum absolute atomic E-state index is 14.1. The molecular formula is C35H50ClN3O10S. The molecule has 50 heavy (non-hydrogen) atoms. The Bertz CT molecular complexity index is 1450. The maximum Gasteiger partial charge on any atom is 0.409 e. The third-order valence-corrected chi connectivity index (χ3v) is 10.8. The molecule has 0 saturated carbocycles. The van der Waals surface area contributed by atoms with Gasteiger partial charge in [-0.05, 0) is 44.6 Å². The van der Waals surface area contributed by atoms with Crippen molar-refractivity contribution >= 4 is 48.1 Å². The zero-order valence-corrected chi connectivity index (χ0v) is 31.5. The molecule has 3 amide bonds. The highest BCUT2D eigenvalue weighted by molar-refractivity contribution is 7.80. The Balaban J connectivity index is 1.75. The Morgan fingerprint density at radius 1 is 1.28 bits per heavy atom. The number of hydrogen-bond donors (Lipinski definition) is 3. The average Bonchev–Trinajstić information content (AvgIpc) is 3.76. The minimum Gasteiger partial charge on any atom is -0.457 e. The van der Waals surface area contributed by atoms with Crippen LogP contribution in [0.15, 0.2) is 47.2 Å². The fraction of sp³-hybridized carbons (Fsp3) is 0.657. The van der Waals surface area contributed by atoms with Crippen molar-refractivity contribution in [2.24, 2.45) is 5.92 Å². The summed E-state index contributed by atoms with van der Waals surface area (Å²) >= 11 is 11.0. The van der Waals surface area contributed by atoms with Gasteiger partial charge in [0.05, 0.1) is 18.6 Å². The summed E-state index contributed by atoms with van der Waals surface area (Å²) in [6, 6.07) is -0.968. The molecule has 15 heteroatoms. The van der Waals surface area contributed by atoms with E-state index in [-0.39, 0.29) is 25.2 Å². The van der Waals surface area contributed by atoms with Crippen LogP contribution in [0.25, 0.3) is 0 Å². The molecule has 278 valence electrons. The van der Waals surface area contributed by atoms with E-state index in [1.54, 1.807) is 47.1 Å². The number of esters is 1. The van der Waals surface area contributed by atoms with E-state index >= 15 is 0 Å². The first-order chi connectivity index (χ1) is 23.5. The number of alkyl halides is 1. The SMILES string of the molecule is COC1C=C2C=C(C1Cl)N(C)C(=O)C[C@H](OC(=O)[C@H](C)N(C)C(=O)CCS)[C@]1(C)O[C@H]1[C@H](C)[C@@H]1C[C@@](O)(NC(=O)O1)[C@H](OC)/C=C/C=C(\C)C2. The Morgan fingerprint density at radius 2 is 1.98 bits per heavy atom. The molecule has 0 aromatic rings. The van der Waals surface area contributed by atoms with Crippen molar-refractivity contribution in [3.05, 3.63) is 47.2 Å². The van der Waals surface area contributed by atoms with Gasteiger partial charge < -0.3 is 38.6 Å². The van der Waals surface area contributed by atoms with Crippen LogP contribution in [-0.4, -0.2) is 126 Å². The molecule has 1 aliphatic carbocycles. The highest BCUT2D eigenvalue weighted by Crippen LogP contribution is 2.49. The number of allylic oxidation sites excluding steroid dienone is 5. The Hall–Kier alpha value is -2.88. The van der Waals surface area contributed by atoms with Gasteiger partial charge in [0.2, 0.25) is 11.8 Å². The third-order valence-electron chi connectivity index (χ3n) is 10.1. The Labute approximate surface area is 304 Å². The first kappa shape index (κ1) is 39.9. The molecule has 0 radical (unpaired) electrons. The van der Waals surface area contributed by atoms with Crippen molar-refractivity contribution in [3.63, 3.8) is 0 Å². The van der Waals surface area contributed by atoms with E-state index in [1.165, 1.54) is 24.0 Å². The van der Waals surface area contributed by atoms with Gasteiger partial charge in [-0.2, -0.15) is 12.6 Å². The van der Waals surface area contributed by atoms with E-state index in [4.69, 9.17) is 35.3 Å². The lowest BCUT2D eigenvalue weighted by Gasteiger charge is -2.42. The average molecular weight is 740 g/mol. The second-order valence-electron chi connectivity index (χ2n) is 13.7. The van der Waals surface area contributed by atoms with Gasteiger partial charge in [0.1, 0.15) is 35.3 Å². The molecular weight excluding hydrogens is 690 g/mol. The molecule has 2 unspecified atom stereocenters. The number of thiol groups is 1. The summed E-state index contributed by atoms with van der Waals surface area (Å²) in [5, 5.41) is 13.5. The molecule has 2 N–H and O–H groups in total. The van der Waals surface area contributed by atoms with Gasteiger partial charge in [0.25, 0.3) is 0 Å². The topological polar surface area (TPSA) is 156 Å². The van der Waals surface area contributed by atoms with Crippen LogP contribution in [0.3, 0.4) is 0 Å². The molecule has 0 aromatic carbocycles. The standard InChI is InChI=1S/C35H50ClN3O10S/c1-19-10-9-11-26(46-8)35(44)18-25(47-33(43)37-35)20(2)31-34(4,49-31)27(48-32(42)21(3)38(5)28(40)12-13-50)17-29(41)39(6)23-15-22(14-19)16-24(45-7)30(23)36/h9-11,15-16,20-21,24-27,30-31,44,50H,12-14,17-18H2,1-8H3,(H,37,43)/b11-9+,19-10+/t20-,21+,24?,25+,26-,27+,30?,31+,34+,35+/m1/s1. The van der Waals surface area contributed by atoms with E-state index in [0.717, 1.165) is 11.1 Å². The van der Waals surface area contributed by atoms with Crippen molar-refractivity contribution in [2.75, 3.05) is 34.1 Å². The predicted molar refractivity (Wildman–Crippen MR) is 188 cm³/mol. The number of likely N-dealkylation sites (N-methyl/N-ethyl adjacent to an activating group) is 1. The van der Waals surface area contributed by atoms with Gasteiger partial charge in [0.15, 0.2) is 5.72 Å². The Morgan fingerprint density at radius 3 is 2.62 bits per heavy atom. The number of carbonyl (C=O) groups is 4. The minimum atomic E-state index is -1.82. The number of rotatable bonds is 7. The van der Waals surface area contributed by atoms with E-state index in [2.05, 4.69) is 17.9 Å². The highest BCUT2D eigenvalue weighted by Gasteiger charge is 2.64. The quantitative estimate of drug-likeness (QED) is 0.153. The molecule has 3 heterocycles. The maximum atomic E-state index is 14.1. The molecule has 4 bridgehead atoms. The highest BCUT2D eigenvalue weighted by atomic mass is 35.5. The first-order valence-corrected chi connectivity index (χ1v) is 17.7. The first-order valence-electron chi connectivity index (χ1n) is 16.7. The lowest BCUT2D eigenvalue weighted by molar-refractivity contribution is -0.162. The van der Waals surface area contributed by atoms with Gasteiger partial charge in [-0.1, -0.05) is 36.8 Å². The number of aliphatic hydroxyl groups is 1. The fourth-order valence-corrected chi connectivity index (χ4v) is 7.30. The molecule has 13 nitrogen and oxygen atoms in total. The second-order valence-corrected chi connectivity index (χ2v) is 14.6. The van der Waals surface area contributed by atoms with Crippen LogP contribution in [0.2, 0.25) is 0 Å². The van der Waals surface area contributed by atoms with E-state index in [0.29, 0.717) is 17.9 Å². The van der Waals surface area contributed by atoms with Gasteiger partial charge >= 0.3 is 12.1 Å². The number of nitrogens with zero attached hydrogens (tertiary/aromatic N) is 2. The van der Waals surface area contributed by atoms with E-state index in [1.807, 2.05) is 25.2 Å². The summed E-state index contributed by atoms with van der Waals surface area (Å²) in [6.45, 7) is 7.00. The number of amides is 3. The number of carbonyl (C=O) groups excluding carboxylic acids is 4. The molecule has 4 rings (SSSR count). The van der Waals surface area contributed by atoms with Crippen LogP contribution in [0, 0.1) is 5.92 Å². The number of alkyl carbamates (subject to hydrolysis) is 1. The molecule has 3 aliphatic heterocycles. The summed E-state index contributed by atoms with van der Waals surface area (Å²) in [7, 11) is 6.09. The third kappa shape index (κ3) is 8.59. The summed E-state index contributed by atoms with van der Waals surface area (Å²) in [5.41, 5.74) is -0.684. The molecule has 0 aromatic heterocycles. The molecule has 2 fully saturated rings.